The van der Waals surface area contributed by atoms with Gasteiger partial charge in [0.05, 0.1) is 6.42 Å². The van der Waals surface area contributed by atoms with Gasteiger partial charge in [0.2, 0.25) is 11.8 Å². The van der Waals surface area contributed by atoms with E-state index in [0.717, 1.165) is 16.7 Å². The van der Waals surface area contributed by atoms with Gasteiger partial charge in [0.25, 0.3) is 0 Å². The molecule has 0 aliphatic carbocycles. The number of nitrogens with zero attached hydrogens (tertiary/aromatic N) is 1. The fourth-order valence-corrected chi connectivity index (χ4v) is 4.16. The van der Waals surface area contributed by atoms with E-state index in [2.05, 4.69) is 5.32 Å². The van der Waals surface area contributed by atoms with E-state index in [0.29, 0.717) is 6.42 Å². The molecule has 0 saturated carbocycles. The van der Waals surface area contributed by atoms with Gasteiger partial charge in [-0.3, -0.25) is 9.59 Å². The summed E-state index contributed by atoms with van der Waals surface area (Å²) < 4.78 is 14.6. The summed E-state index contributed by atoms with van der Waals surface area (Å²) in [5, 5.41) is 3.22. The van der Waals surface area contributed by atoms with Crippen molar-refractivity contribution in [2.75, 3.05) is 0 Å². The van der Waals surface area contributed by atoms with Crippen LogP contribution in [0.25, 0.3) is 0 Å². The fourth-order valence-electron chi connectivity index (χ4n) is 3.93. The molecular weight excluding hydrogens is 463 g/mol. The molecule has 0 aliphatic rings. The van der Waals surface area contributed by atoms with Crippen molar-refractivity contribution in [2.24, 2.45) is 0 Å². The molecule has 0 fully saturated rings. The predicted molar refractivity (Wildman–Crippen MR) is 139 cm³/mol. The molecule has 0 radical (unpaired) electrons. The summed E-state index contributed by atoms with van der Waals surface area (Å²) in [5.41, 5.74) is 2.49. The maximum absolute atomic E-state index is 14.6. The Labute approximate surface area is 212 Å². The van der Waals surface area contributed by atoms with Gasteiger partial charge < -0.3 is 10.2 Å². The lowest BCUT2D eigenvalue weighted by molar-refractivity contribution is -0.141. The second kappa shape index (κ2) is 11.5. The summed E-state index contributed by atoms with van der Waals surface area (Å²) in [6.07, 6.45) is 0.0802. The molecule has 0 bridgehead atoms. The molecule has 3 aromatic carbocycles. The highest BCUT2D eigenvalue weighted by Crippen LogP contribution is 2.23. The van der Waals surface area contributed by atoms with Gasteiger partial charge in [0, 0.05) is 29.1 Å². The molecule has 35 heavy (non-hydrogen) atoms. The van der Waals surface area contributed by atoms with Crippen molar-refractivity contribution in [1.29, 1.82) is 0 Å². The number of carbonyl (C=O) groups is 2. The van der Waals surface area contributed by atoms with E-state index >= 15 is 0 Å². The van der Waals surface area contributed by atoms with Gasteiger partial charge in [-0.15, -0.1) is 0 Å². The number of benzene rings is 3. The summed E-state index contributed by atoms with van der Waals surface area (Å²) in [6.45, 7) is 7.88. The smallest absolute Gasteiger partial charge is 0.243 e. The Balaban J connectivity index is 2.04. The monoisotopic (exact) mass is 494 g/mol. The molecule has 1 atom stereocenters. The summed E-state index contributed by atoms with van der Waals surface area (Å²) in [5.74, 6) is -1.17. The molecule has 3 aromatic rings. The van der Waals surface area contributed by atoms with Crippen LogP contribution in [-0.2, 0) is 29.0 Å². The predicted octanol–water partition coefficient (Wildman–Crippen LogP) is 5.88. The molecule has 0 heterocycles. The Morgan fingerprint density at radius 3 is 2.26 bits per heavy atom. The molecule has 4 nitrogen and oxygen atoms in total. The van der Waals surface area contributed by atoms with Crippen LogP contribution in [-0.4, -0.2) is 28.3 Å². The minimum atomic E-state index is -0.797. The van der Waals surface area contributed by atoms with Crippen molar-refractivity contribution in [3.63, 3.8) is 0 Å². The highest BCUT2D eigenvalue weighted by Gasteiger charge is 2.33. The Morgan fingerprint density at radius 2 is 1.63 bits per heavy atom. The van der Waals surface area contributed by atoms with Crippen LogP contribution in [0.2, 0.25) is 5.02 Å². The first-order valence-electron chi connectivity index (χ1n) is 11.7. The standard InChI is InChI=1S/C29H32ClFN2O2/c1-20-11-8-9-14-22(20)19-33(27(34)18-23-24(30)15-10-16-25(23)31)26(28(35)32-29(2,3)4)17-21-12-6-5-7-13-21/h5-16,26H,17-19H2,1-4H3,(H,32,35)/t26-/m0/s1. The van der Waals surface area contributed by atoms with E-state index in [1.807, 2.05) is 82.3 Å². The highest BCUT2D eigenvalue weighted by molar-refractivity contribution is 6.31. The van der Waals surface area contributed by atoms with E-state index in [1.165, 1.54) is 12.1 Å². The number of hydrogen-bond donors (Lipinski definition) is 1. The van der Waals surface area contributed by atoms with Crippen molar-refractivity contribution >= 4 is 23.4 Å². The first-order valence-corrected chi connectivity index (χ1v) is 12.1. The van der Waals surface area contributed by atoms with Gasteiger partial charge in [0.15, 0.2) is 0 Å². The van der Waals surface area contributed by atoms with Gasteiger partial charge in [-0.05, 0) is 56.5 Å². The topological polar surface area (TPSA) is 49.4 Å². The second-order valence-electron chi connectivity index (χ2n) is 9.77. The molecule has 0 aromatic heterocycles. The van der Waals surface area contributed by atoms with Crippen molar-refractivity contribution < 1.29 is 14.0 Å². The van der Waals surface area contributed by atoms with E-state index in [4.69, 9.17) is 11.6 Å². The zero-order valence-corrected chi connectivity index (χ0v) is 21.4. The SMILES string of the molecule is Cc1ccccc1CN(C(=O)Cc1c(F)cccc1Cl)[C@@H](Cc1ccccc1)C(=O)NC(C)(C)C. The van der Waals surface area contributed by atoms with E-state index in [1.54, 1.807) is 11.0 Å². The quantitative estimate of drug-likeness (QED) is 0.425. The zero-order chi connectivity index (χ0) is 25.6. The van der Waals surface area contributed by atoms with Gasteiger partial charge >= 0.3 is 0 Å². The third kappa shape index (κ3) is 7.40. The number of hydrogen-bond acceptors (Lipinski definition) is 2. The van der Waals surface area contributed by atoms with Crippen molar-refractivity contribution in [1.82, 2.24) is 10.2 Å². The number of aryl methyl sites for hydroxylation is 1. The minimum absolute atomic E-state index is 0.128. The van der Waals surface area contributed by atoms with Gasteiger partial charge in [-0.1, -0.05) is 72.3 Å². The number of nitrogens with one attached hydrogen (secondary N) is 1. The van der Waals surface area contributed by atoms with Crippen molar-refractivity contribution in [2.45, 2.75) is 58.7 Å². The van der Waals surface area contributed by atoms with E-state index in [-0.39, 0.29) is 35.4 Å². The van der Waals surface area contributed by atoms with Gasteiger partial charge in [0.1, 0.15) is 11.9 Å². The van der Waals surface area contributed by atoms with Crippen molar-refractivity contribution in [3.8, 4) is 0 Å². The van der Waals surface area contributed by atoms with Gasteiger partial charge in [-0.2, -0.15) is 0 Å². The lowest BCUT2D eigenvalue weighted by Gasteiger charge is -2.34. The third-order valence-corrected chi connectivity index (χ3v) is 6.12. The summed E-state index contributed by atoms with van der Waals surface area (Å²) >= 11 is 6.23. The number of amides is 2. The summed E-state index contributed by atoms with van der Waals surface area (Å²) in [7, 11) is 0. The normalized spacial score (nSPS) is 12.2. The third-order valence-electron chi connectivity index (χ3n) is 5.76. The largest absolute Gasteiger partial charge is 0.350 e. The number of rotatable bonds is 8. The molecule has 184 valence electrons. The van der Waals surface area contributed by atoms with Crippen LogP contribution in [0.3, 0.4) is 0 Å². The summed E-state index contributed by atoms with van der Waals surface area (Å²) in [6, 6.07) is 20.9. The molecule has 3 rings (SSSR count). The van der Waals surface area contributed by atoms with E-state index < -0.39 is 17.4 Å². The minimum Gasteiger partial charge on any atom is -0.350 e. The average Bonchev–Trinajstić information content (AvgIpc) is 2.79. The number of carbonyl (C=O) groups excluding carboxylic acids is 2. The zero-order valence-electron chi connectivity index (χ0n) is 20.6. The van der Waals surface area contributed by atoms with Crippen LogP contribution >= 0.6 is 11.6 Å². The molecule has 6 heteroatoms. The van der Waals surface area contributed by atoms with Crippen LogP contribution in [0, 0.1) is 12.7 Å². The fraction of sp³-hybridized carbons (Fsp3) is 0.310. The average molecular weight is 495 g/mol. The van der Waals surface area contributed by atoms with Crippen molar-refractivity contribution in [3.05, 3.63) is 106 Å². The molecule has 0 saturated heterocycles. The Kier molecular flexibility index (Phi) is 8.68. The lowest BCUT2D eigenvalue weighted by Crippen LogP contribution is -2.54. The Bertz CT molecular complexity index is 1150. The Morgan fingerprint density at radius 1 is 0.971 bits per heavy atom. The maximum Gasteiger partial charge on any atom is 0.243 e. The molecule has 0 spiro atoms. The Hall–Kier alpha value is -3.18. The highest BCUT2D eigenvalue weighted by atomic mass is 35.5. The maximum atomic E-state index is 14.6. The molecule has 0 unspecified atom stereocenters. The van der Waals surface area contributed by atoms with Crippen LogP contribution in [0.4, 0.5) is 4.39 Å². The van der Waals surface area contributed by atoms with Gasteiger partial charge in [-0.25, -0.2) is 4.39 Å². The molecular formula is C29H32ClFN2O2. The number of halogens is 2. The lowest BCUT2D eigenvalue weighted by atomic mass is 9.99. The van der Waals surface area contributed by atoms with Crippen LogP contribution < -0.4 is 5.32 Å². The molecule has 1 N–H and O–H groups in total. The molecule has 2 amide bonds. The molecule has 0 aliphatic heterocycles. The van der Waals surface area contributed by atoms with Crippen LogP contribution in [0.1, 0.15) is 43.0 Å². The van der Waals surface area contributed by atoms with E-state index in [9.17, 15) is 14.0 Å². The second-order valence-corrected chi connectivity index (χ2v) is 10.2. The van der Waals surface area contributed by atoms with Crippen LogP contribution in [0.15, 0.2) is 72.8 Å². The first-order chi connectivity index (χ1) is 16.5. The summed E-state index contributed by atoms with van der Waals surface area (Å²) in [4.78, 5) is 28.9. The van der Waals surface area contributed by atoms with Crippen LogP contribution in [0.5, 0.6) is 0 Å². The first kappa shape index (κ1) is 26.4.